The van der Waals surface area contributed by atoms with Crippen molar-refractivity contribution in [1.82, 2.24) is 15.2 Å². The minimum Gasteiger partial charge on any atom is -0.477 e. The molecule has 0 radical (unpaired) electrons. The zero-order chi connectivity index (χ0) is 23.0. The second-order valence-electron chi connectivity index (χ2n) is 6.45. The molecule has 0 saturated carbocycles. The van der Waals surface area contributed by atoms with Crippen LogP contribution in [-0.2, 0) is 24.0 Å². The van der Waals surface area contributed by atoms with Crippen LogP contribution in [0.2, 0.25) is 0 Å². The van der Waals surface area contributed by atoms with Gasteiger partial charge in [-0.3, -0.25) is 19.3 Å². The largest absolute Gasteiger partial charge is 0.477 e. The zero-order valence-corrected chi connectivity index (χ0v) is 19.5. The number of carboxylic acid groups (broad SMARTS) is 1. The molecule has 2 amide bonds. The number of hydrogen-bond donors (Lipinski definition) is 3. The van der Waals surface area contributed by atoms with E-state index in [4.69, 9.17) is 10.6 Å². The number of β-lactam (4-membered cyclic amide) rings is 1. The summed E-state index contributed by atoms with van der Waals surface area (Å²) in [6.07, 6.45) is 1.47. The van der Waals surface area contributed by atoms with E-state index in [9.17, 15) is 24.3 Å². The third kappa shape index (κ3) is 4.24. The Kier molecular flexibility index (Phi) is 6.50. The van der Waals surface area contributed by atoms with Gasteiger partial charge in [0.15, 0.2) is 10.8 Å². The summed E-state index contributed by atoms with van der Waals surface area (Å²) < 4.78 is 0. The normalized spacial score (nSPS) is 23.0. The van der Waals surface area contributed by atoms with Crippen molar-refractivity contribution < 1.29 is 29.1 Å². The van der Waals surface area contributed by atoms with Gasteiger partial charge >= 0.3 is 5.97 Å². The minimum absolute atomic E-state index is 0.0792. The molecular weight excluding hydrogens is 498 g/mol. The molecule has 3 aliphatic rings. The number of aliphatic carboxylic acids is 1. The van der Waals surface area contributed by atoms with E-state index < -0.39 is 29.2 Å². The van der Waals surface area contributed by atoms with Gasteiger partial charge in [0.1, 0.15) is 29.9 Å². The summed E-state index contributed by atoms with van der Waals surface area (Å²) in [6.45, 7) is 0. The van der Waals surface area contributed by atoms with Crippen molar-refractivity contribution in [2.45, 2.75) is 11.4 Å². The van der Waals surface area contributed by atoms with Crippen molar-refractivity contribution in [2.24, 2.45) is 5.16 Å². The molecule has 1 saturated heterocycles. The molecule has 0 spiro atoms. The van der Waals surface area contributed by atoms with E-state index in [1.807, 2.05) is 0 Å². The Morgan fingerprint density at radius 1 is 1.41 bits per heavy atom. The Labute approximate surface area is 197 Å². The van der Waals surface area contributed by atoms with E-state index >= 15 is 0 Å². The fraction of sp³-hybridized carbons (Fsp3) is 0.294. The SMILES string of the molecule is CO/N=C(\C(=O)N[C@@H]1C(=O)N2C(C(=O)O)=C(SC3=CC(=O)SC3)CS[C@H]12)c1csc(N)n1. The molecule has 1 aromatic rings. The number of nitrogens with two attached hydrogens (primary N) is 1. The highest BCUT2D eigenvalue weighted by atomic mass is 32.2. The van der Waals surface area contributed by atoms with Crippen LogP contribution in [0.3, 0.4) is 0 Å². The first-order chi connectivity index (χ1) is 15.3. The number of nitrogens with one attached hydrogen (secondary N) is 1. The number of hydrogen-bond acceptors (Lipinski definition) is 12. The monoisotopic (exact) mass is 513 g/mol. The fourth-order valence-electron chi connectivity index (χ4n) is 3.15. The zero-order valence-electron chi connectivity index (χ0n) is 16.3. The van der Waals surface area contributed by atoms with Gasteiger partial charge in [0, 0.05) is 32.8 Å². The van der Waals surface area contributed by atoms with Crippen LogP contribution in [-0.4, -0.2) is 73.6 Å². The lowest BCUT2D eigenvalue weighted by molar-refractivity contribution is -0.150. The number of carbonyl (C=O) groups is 4. The van der Waals surface area contributed by atoms with E-state index in [0.717, 1.165) is 28.0 Å². The average molecular weight is 514 g/mol. The predicted molar refractivity (Wildman–Crippen MR) is 123 cm³/mol. The molecule has 3 aliphatic heterocycles. The van der Waals surface area contributed by atoms with Crippen LogP contribution in [0.15, 0.2) is 32.1 Å². The van der Waals surface area contributed by atoms with Gasteiger partial charge in [0.05, 0.1) is 0 Å². The third-order valence-electron chi connectivity index (χ3n) is 4.47. The standard InChI is InChI=1S/C17H15N5O6S4/c1-28-21-10(7-4-31-17(18)19-7)13(24)20-11-14(25)22-12(16(26)27)8(5-30-15(11)22)32-6-2-9(23)29-3-6/h2,4,11,15H,3,5H2,1H3,(H2,18,19)(H,20,24)(H,26,27)/b21-10-/t11-,15-/m1/s1. The minimum atomic E-state index is -1.24. The first-order valence-corrected chi connectivity index (χ1v) is 12.6. The summed E-state index contributed by atoms with van der Waals surface area (Å²) in [6, 6.07) is -0.936. The van der Waals surface area contributed by atoms with Crippen molar-refractivity contribution in [3.8, 4) is 0 Å². The molecular formula is C17H15N5O6S4. The molecule has 4 N–H and O–H groups in total. The number of anilines is 1. The van der Waals surface area contributed by atoms with Gasteiger partial charge in [-0.1, -0.05) is 28.7 Å². The highest BCUT2D eigenvalue weighted by molar-refractivity contribution is 8.17. The first kappa shape index (κ1) is 22.7. The van der Waals surface area contributed by atoms with Crippen molar-refractivity contribution in [3.05, 3.63) is 32.7 Å². The Hall–Kier alpha value is -2.49. The molecule has 4 heterocycles. The van der Waals surface area contributed by atoms with Gasteiger partial charge < -0.3 is 21.0 Å². The fourth-order valence-corrected chi connectivity index (χ4v) is 7.17. The number of nitrogen functional groups attached to an aromatic ring is 1. The van der Waals surface area contributed by atoms with Crippen LogP contribution in [0.5, 0.6) is 0 Å². The summed E-state index contributed by atoms with van der Waals surface area (Å²) in [5.74, 6) is -1.68. The lowest BCUT2D eigenvalue weighted by Gasteiger charge is -2.49. The Bertz CT molecular complexity index is 1110. The smallest absolute Gasteiger partial charge is 0.353 e. The number of oxime groups is 1. The van der Waals surface area contributed by atoms with Gasteiger partial charge in [0.2, 0.25) is 5.12 Å². The summed E-state index contributed by atoms with van der Waals surface area (Å²) in [7, 11) is 1.27. The molecule has 168 valence electrons. The molecule has 0 aromatic carbocycles. The maximum Gasteiger partial charge on any atom is 0.353 e. The summed E-state index contributed by atoms with van der Waals surface area (Å²) in [5.41, 5.74) is 5.54. The number of carboxylic acids is 1. The Balaban J connectivity index is 1.52. The van der Waals surface area contributed by atoms with E-state index in [1.165, 1.54) is 47.0 Å². The van der Waals surface area contributed by atoms with Gasteiger partial charge in [0.25, 0.3) is 11.8 Å². The first-order valence-electron chi connectivity index (χ1n) is 8.89. The molecule has 4 rings (SSSR count). The van der Waals surface area contributed by atoms with Crippen molar-refractivity contribution in [3.63, 3.8) is 0 Å². The van der Waals surface area contributed by atoms with Gasteiger partial charge in [-0.2, -0.15) is 0 Å². The highest BCUT2D eigenvalue weighted by Gasteiger charge is 2.54. The number of rotatable bonds is 7. The quantitative estimate of drug-likeness (QED) is 0.266. The number of thiazole rings is 1. The topological polar surface area (TPSA) is 164 Å². The summed E-state index contributed by atoms with van der Waals surface area (Å²) in [4.78, 5) is 60.1. The number of nitrogens with zero attached hydrogens (tertiary/aromatic N) is 3. The van der Waals surface area contributed by atoms with Gasteiger partial charge in [-0.15, -0.1) is 23.1 Å². The van der Waals surface area contributed by atoms with Crippen LogP contribution in [0.4, 0.5) is 5.13 Å². The average Bonchev–Trinajstić information content (AvgIpc) is 3.37. The summed E-state index contributed by atoms with van der Waals surface area (Å²) >= 11 is 4.79. The maximum atomic E-state index is 12.8. The molecule has 2 atom stereocenters. The number of aromatic nitrogens is 1. The van der Waals surface area contributed by atoms with Crippen molar-refractivity contribution in [2.75, 3.05) is 24.3 Å². The van der Waals surface area contributed by atoms with Crippen LogP contribution in [0, 0.1) is 0 Å². The van der Waals surface area contributed by atoms with E-state index in [2.05, 4.69) is 15.5 Å². The van der Waals surface area contributed by atoms with Gasteiger partial charge in [-0.05, 0) is 0 Å². The maximum absolute atomic E-state index is 12.8. The molecule has 11 nitrogen and oxygen atoms in total. The molecule has 0 aliphatic carbocycles. The lowest BCUT2D eigenvalue weighted by atomic mass is 10.0. The lowest BCUT2D eigenvalue weighted by Crippen LogP contribution is -2.71. The van der Waals surface area contributed by atoms with Gasteiger partial charge in [-0.25, -0.2) is 9.78 Å². The van der Waals surface area contributed by atoms with Crippen LogP contribution >= 0.6 is 46.6 Å². The molecule has 0 bridgehead atoms. The second-order valence-corrected chi connectivity index (χ2v) is 10.6. The number of thioether (sulfide) groups is 3. The van der Waals surface area contributed by atoms with E-state index in [0.29, 0.717) is 16.4 Å². The van der Waals surface area contributed by atoms with Crippen molar-refractivity contribution >= 4 is 80.4 Å². The number of amides is 2. The van der Waals surface area contributed by atoms with Crippen LogP contribution in [0.25, 0.3) is 0 Å². The van der Waals surface area contributed by atoms with E-state index in [-0.39, 0.29) is 27.3 Å². The van der Waals surface area contributed by atoms with Crippen LogP contribution in [0.1, 0.15) is 5.69 Å². The number of fused-ring (bicyclic) bond motifs is 1. The predicted octanol–water partition coefficient (Wildman–Crippen LogP) is 0.662. The molecule has 15 heteroatoms. The molecule has 0 unspecified atom stereocenters. The molecule has 1 aromatic heterocycles. The molecule has 1 fully saturated rings. The van der Waals surface area contributed by atoms with Crippen LogP contribution < -0.4 is 11.1 Å². The summed E-state index contributed by atoms with van der Waals surface area (Å²) in [5, 5.41) is 17.1. The molecule has 32 heavy (non-hydrogen) atoms. The third-order valence-corrected chi connectivity index (χ3v) is 8.76. The second kappa shape index (κ2) is 9.17. The Morgan fingerprint density at radius 3 is 2.78 bits per heavy atom. The van der Waals surface area contributed by atoms with E-state index in [1.54, 1.807) is 0 Å². The van der Waals surface area contributed by atoms with Crippen molar-refractivity contribution in [1.29, 1.82) is 0 Å². The number of carbonyl (C=O) groups excluding carboxylic acids is 3. The Morgan fingerprint density at radius 2 is 2.19 bits per heavy atom. The highest BCUT2D eigenvalue weighted by Crippen LogP contribution is 2.46.